The number of carbonyl (C=O) groups is 1. The maximum Gasteiger partial charge on any atom is 0.309 e. The Bertz CT molecular complexity index is 614. The highest BCUT2D eigenvalue weighted by molar-refractivity contribution is 5.80. The monoisotopic (exact) mass is 359 g/mol. The normalized spacial score (nSPS) is 20.5. The van der Waals surface area contributed by atoms with Crippen LogP contribution in [0.1, 0.15) is 32.3 Å². The molecule has 1 N–H and O–H groups in total. The zero-order valence-corrected chi connectivity index (χ0v) is 15.7. The van der Waals surface area contributed by atoms with E-state index in [1.807, 2.05) is 25.1 Å². The van der Waals surface area contributed by atoms with E-state index in [9.17, 15) is 4.79 Å². The van der Waals surface area contributed by atoms with Crippen LogP contribution in [0.15, 0.2) is 29.3 Å². The van der Waals surface area contributed by atoms with Gasteiger partial charge in [-0.2, -0.15) is 0 Å². The Balaban J connectivity index is 1.54. The zero-order chi connectivity index (χ0) is 18.4. The van der Waals surface area contributed by atoms with Crippen LogP contribution in [0.4, 0.5) is 0 Å². The number of para-hydroxylation sites is 1. The van der Waals surface area contributed by atoms with Gasteiger partial charge in [0, 0.05) is 26.1 Å². The van der Waals surface area contributed by atoms with Crippen LogP contribution >= 0.6 is 0 Å². The second-order valence-corrected chi connectivity index (χ2v) is 6.76. The number of aliphatic imine (C=N–C) groups is 1. The number of piperidine rings is 1. The number of likely N-dealkylation sites (tertiary alicyclic amines) is 1. The molecule has 0 amide bonds. The van der Waals surface area contributed by atoms with Crippen molar-refractivity contribution < 1.29 is 14.3 Å². The number of nitrogens with zero attached hydrogens (tertiary/aromatic N) is 2. The molecule has 2 heterocycles. The van der Waals surface area contributed by atoms with E-state index >= 15 is 0 Å². The molecule has 2 aliphatic heterocycles. The lowest BCUT2D eigenvalue weighted by atomic mass is 9.97. The molecule has 142 valence electrons. The van der Waals surface area contributed by atoms with Gasteiger partial charge in [-0.3, -0.25) is 4.79 Å². The molecule has 6 nitrogen and oxygen atoms in total. The summed E-state index contributed by atoms with van der Waals surface area (Å²) in [6.45, 7) is 7.47. The maximum atomic E-state index is 11.9. The molecule has 0 aliphatic carbocycles. The predicted octanol–water partition coefficient (Wildman–Crippen LogP) is 2.23. The van der Waals surface area contributed by atoms with Crippen LogP contribution in [0.25, 0.3) is 0 Å². The Morgan fingerprint density at radius 2 is 2.08 bits per heavy atom. The molecule has 0 radical (unpaired) electrons. The molecule has 3 rings (SSSR count). The van der Waals surface area contributed by atoms with Crippen molar-refractivity contribution in [3.63, 3.8) is 0 Å². The van der Waals surface area contributed by atoms with Crippen LogP contribution in [-0.4, -0.2) is 55.7 Å². The largest absolute Gasteiger partial charge is 0.488 e. The van der Waals surface area contributed by atoms with E-state index in [0.29, 0.717) is 13.2 Å². The summed E-state index contributed by atoms with van der Waals surface area (Å²) in [6.07, 6.45) is 2.63. The van der Waals surface area contributed by atoms with Gasteiger partial charge in [-0.25, -0.2) is 4.99 Å². The fraction of sp³-hybridized carbons (Fsp3) is 0.600. The van der Waals surface area contributed by atoms with Gasteiger partial charge in [0.05, 0.1) is 19.1 Å². The molecule has 2 aliphatic rings. The Morgan fingerprint density at radius 3 is 2.77 bits per heavy atom. The molecule has 0 bridgehead atoms. The van der Waals surface area contributed by atoms with Crippen molar-refractivity contribution in [3.05, 3.63) is 29.8 Å². The number of esters is 1. The third-order valence-corrected chi connectivity index (χ3v) is 4.91. The quantitative estimate of drug-likeness (QED) is 0.496. The Morgan fingerprint density at radius 1 is 1.31 bits per heavy atom. The van der Waals surface area contributed by atoms with Gasteiger partial charge < -0.3 is 19.7 Å². The first kappa shape index (κ1) is 18.5. The van der Waals surface area contributed by atoms with Gasteiger partial charge >= 0.3 is 5.97 Å². The minimum atomic E-state index is -0.0637. The first-order chi connectivity index (χ1) is 12.7. The first-order valence-corrected chi connectivity index (χ1v) is 9.65. The van der Waals surface area contributed by atoms with E-state index in [-0.39, 0.29) is 18.0 Å². The Kier molecular flexibility index (Phi) is 6.36. The lowest BCUT2D eigenvalue weighted by Gasteiger charge is -2.33. The second-order valence-electron chi connectivity index (χ2n) is 6.76. The van der Waals surface area contributed by atoms with Gasteiger partial charge in [-0.1, -0.05) is 18.2 Å². The van der Waals surface area contributed by atoms with E-state index < -0.39 is 0 Å². The number of hydrogen-bond donors (Lipinski definition) is 1. The van der Waals surface area contributed by atoms with Crippen LogP contribution in [0.3, 0.4) is 0 Å². The van der Waals surface area contributed by atoms with E-state index in [4.69, 9.17) is 14.5 Å². The molecule has 1 atom stereocenters. The number of benzene rings is 1. The summed E-state index contributed by atoms with van der Waals surface area (Å²) in [4.78, 5) is 18.9. The predicted molar refractivity (Wildman–Crippen MR) is 101 cm³/mol. The topological polar surface area (TPSA) is 63.2 Å². The highest BCUT2D eigenvalue weighted by atomic mass is 16.5. The number of carbonyl (C=O) groups excluding carboxylic acids is 1. The molecule has 0 aromatic heterocycles. The van der Waals surface area contributed by atoms with Crippen LogP contribution < -0.4 is 10.1 Å². The molecule has 0 spiro atoms. The average molecular weight is 359 g/mol. The number of hydrogen-bond acceptors (Lipinski definition) is 4. The highest BCUT2D eigenvalue weighted by Gasteiger charge is 2.28. The molecule has 1 aromatic carbocycles. The number of ether oxygens (including phenoxy) is 2. The van der Waals surface area contributed by atoms with Crippen LogP contribution in [-0.2, 0) is 16.0 Å². The van der Waals surface area contributed by atoms with Crippen molar-refractivity contribution in [3.8, 4) is 5.75 Å². The molecule has 6 heteroatoms. The number of nitrogens with one attached hydrogen (secondary N) is 1. The lowest BCUT2D eigenvalue weighted by Crippen LogP contribution is -2.47. The molecule has 0 saturated carbocycles. The fourth-order valence-corrected chi connectivity index (χ4v) is 3.56. The van der Waals surface area contributed by atoms with Gasteiger partial charge in [0.2, 0.25) is 0 Å². The molecular formula is C20H29N3O3. The summed E-state index contributed by atoms with van der Waals surface area (Å²) in [5.74, 6) is 1.84. The molecule has 1 fully saturated rings. The number of rotatable bonds is 5. The summed E-state index contributed by atoms with van der Waals surface area (Å²) in [7, 11) is 0. The molecular weight excluding hydrogens is 330 g/mol. The van der Waals surface area contributed by atoms with E-state index in [1.54, 1.807) is 0 Å². The maximum absolute atomic E-state index is 11.9. The smallest absolute Gasteiger partial charge is 0.309 e. The third-order valence-electron chi connectivity index (χ3n) is 4.91. The van der Waals surface area contributed by atoms with E-state index in [2.05, 4.69) is 23.2 Å². The van der Waals surface area contributed by atoms with Crippen LogP contribution in [0.2, 0.25) is 0 Å². The standard InChI is InChI=1S/C20H29N3O3/c1-3-21-20(23-11-9-15(10-12-23)19(24)25-4-2)22-14-17-13-16-7-5-6-8-18(16)26-17/h5-8,15,17H,3-4,9-14H2,1-2H3,(H,21,22). The first-order valence-electron chi connectivity index (χ1n) is 9.65. The van der Waals surface area contributed by atoms with Crippen LogP contribution in [0, 0.1) is 5.92 Å². The lowest BCUT2D eigenvalue weighted by molar-refractivity contribution is -0.149. The van der Waals surface area contributed by atoms with Gasteiger partial charge in [0.15, 0.2) is 5.96 Å². The molecule has 1 saturated heterocycles. The van der Waals surface area contributed by atoms with Gasteiger partial charge in [-0.05, 0) is 38.3 Å². The molecule has 26 heavy (non-hydrogen) atoms. The van der Waals surface area contributed by atoms with Crippen molar-refractivity contribution in [1.29, 1.82) is 0 Å². The molecule has 1 unspecified atom stereocenters. The zero-order valence-electron chi connectivity index (χ0n) is 15.7. The Labute approximate surface area is 155 Å². The van der Waals surface area contributed by atoms with Crippen molar-refractivity contribution in [2.45, 2.75) is 39.2 Å². The summed E-state index contributed by atoms with van der Waals surface area (Å²) in [5, 5.41) is 3.37. The fourth-order valence-electron chi connectivity index (χ4n) is 3.56. The van der Waals surface area contributed by atoms with E-state index in [0.717, 1.165) is 50.6 Å². The highest BCUT2D eigenvalue weighted by Crippen LogP contribution is 2.28. The second kappa shape index (κ2) is 8.92. The van der Waals surface area contributed by atoms with Gasteiger partial charge in [-0.15, -0.1) is 0 Å². The third kappa shape index (κ3) is 4.48. The minimum absolute atomic E-state index is 0.0155. The van der Waals surface area contributed by atoms with E-state index in [1.165, 1.54) is 5.56 Å². The molecule has 1 aromatic rings. The van der Waals surface area contributed by atoms with Crippen molar-refractivity contribution >= 4 is 11.9 Å². The van der Waals surface area contributed by atoms with Crippen molar-refractivity contribution in [1.82, 2.24) is 10.2 Å². The summed E-state index contributed by atoms with van der Waals surface area (Å²) in [5.41, 5.74) is 1.26. The Hall–Kier alpha value is -2.24. The average Bonchev–Trinajstić information content (AvgIpc) is 3.08. The summed E-state index contributed by atoms with van der Waals surface area (Å²) < 4.78 is 11.1. The SMILES string of the molecule is CCNC(=NCC1Cc2ccccc2O1)N1CCC(C(=O)OCC)CC1. The minimum Gasteiger partial charge on any atom is -0.488 e. The summed E-state index contributed by atoms with van der Waals surface area (Å²) in [6, 6.07) is 8.18. The summed E-state index contributed by atoms with van der Waals surface area (Å²) >= 11 is 0. The van der Waals surface area contributed by atoms with Gasteiger partial charge in [0.25, 0.3) is 0 Å². The van der Waals surface area contributed by atoms with Crippen molar-refractivity contribution in [2.24, 2.45) is 10.9 Å². The number of fused-ring (bicyclic) bond motifs is 1. The number of guanidine groups is 1. The van der Waals surface area contributed by atoms with Gasteiger partial charge in [0.1, 0.15) is 11.9 Å². The van der Waals surface area contributed by atoms with Crippen molar-refractivity contribution in [2.75, 3.05) is 32.8 Å². The van der Waals surface area contributed by atoms with Crippen LogP contribution in [0.5, 0.6) is 5.75 Å².